The molecule has 1 aliphatic rings. The van der Waals surface area contributed by atoms with Gasteiger partial charge in [0, 0.05) is 28.3 Å². The lowest BCUT2D eigenvalue weighted by atomic mass is 10.0. The zero-order valence-corrected chi connectivity index (χ0v) is 21.2. The molecule has 0 spiro atoms. The Labute approximate surface area is 205 Å². The molecule has 1 aliphatic carbocycles. The smallest absolute Gasteiger partial charge is 0.220 e. The fourth-order valence-electron chi connectivity index (χ4n) is 3.23. The van der Waals surface area contributed by atoms with Crippen molar-refractivity contribution in [1.29, 1.82) is 0 Å². The minimum atomic E-state index is -0.257. The molecular weight excluding hydrogens is 437 g/mol. The SMILES string of the molecule is C/C=C(\N=C(/CC)c1ccc(CNC2(c3ccnc(N)n3)CC2)c(F)c1)OCC.CC.CO.O.[HH].[HH]. The molecule has 1 fully saturated rings. The Morgan fingerprint density at radius 2 is 1.97 bits per heavy atom. The van der Waals surface area contributed by atoms with Gasteiger partial charge in [0.25, 0.3) is 0 Å². The summed E-state index contributed by atoms with van der Waals surface area (Å²) in [5, 5.41) is 10.4. The maximum absolute atomic E-state index is 14.8. The van der Waals surface area contributed by atoms with Crippen LogP contribution in [0.15, 0.2) is 47.4 Å². The number of anilines is 1. The van der Waals surface area contributed by atoms with Crippen LogP contribution in [-0.4, -0.2) is 40.0 Å². The van der Waals surface area contributed by atoms with Crippen molar-refractivity contribution >= 4 is 11.7 Å². The Morgan fingerprint density at radius 3 is 2.47 bits per heavy atom. The molecule has 0 atom stereocenters. The maximum atomic E-state index is 14.8. The van der Waals surface area contributed by atoms with Gasteiger partial charge in [0.2, 0.25) is 11.8 Å². The van der Waals surface area contributed by atoms with Crippen LogP contribution in [0.4, 0.5) is 10.3 Å². The molecule has 1 aromatic carbocycles. The van der Waals surface area contributed by atoms with Gasteiger partial charge in [-0.1, -0.05) is 32.9 Å². The van der Waals surface area contributed by atoms with Crippen LogP contribution < -0.4 is 11.1 Å². The lowest BCUT2D eigenvalue weighted by Gasteiger charge is -2.17. The average Bonchev–Trinajstić information content (AvgIpc) is 3.65. The number of nitrogens with zero attached hydrogens (tertiary/aromatic N) is 3. The van der Waals surface area contributed by atoms with E-state index in [2.05, 4.69) is 20.3 Å². The second kappa shape index (κ2) is 15.9. The number of rotatable bonds is 9. The minimum Gasteiger partial charge on any atom is -0.478 e. The summed E-state index contributed by atoms with van der Waals surface area (Å²) >= 11 is 0. The van der Waals surface area contributed by atoms with E-state index in [0.717, 1.165) is 36.9 Å². The lowest BCUT2D eigenvalue weighted by Crippen LogP contribution is -2.30. The molecule has 2 aromatic rings. The molecule has 6 N–H and O–H groups in total. The van der Waals surface area contributed by atoms with Crippen molar-refractivity contribution in [3.63, 3.8) is 0 Å². The van der Waals surface area contributed by atoms with Gasteiger partial charge in [-0.25, -0.2) is 19.4 Å². The van der Waals surface area contributed by atoms with E-state index >= 15 is 0 Å². The van der Waals surface area contributed by atoms with E-state index < -0.39 is 0 Å². The van der Waals surface area contributed by atoms with Gasteiger partial charge in [0.15, 0.2) is 0 Å². The van der Waals surface area contributed by atoms with Crippen molar-refractivity contribution in [3.8, 4) is 0 Å². The van der Waals surface area contributed by atoms with Crippen molar-refractivity contribution in [3.05, 3.63) is 65.1 Å². The van der Waals surface area contributed by atoms with Crippen molar-refractivity contribution in [2.24, 2.45) is 4.99 Å². The van der Waals surface area contributed by atoms with Crippen molar-refractivity contribution in [2.75, 3.05) is 19.5 Å². The molecule has 0 aliphatic heterocycles. The molecule has 34 heavy (non-hydrogen) atoms. The molecule has 0 bridgehead atoms. The van der Waals surface area contributed by atoms with Crippen LogP contribution >= 0.6 is 0 Å². The Morgan fingerprint density at radius 1 is 1.29 bits per heavy atom. The van der Waals surface area contributed by atoms with Crippen LogP contribution in [0.25, 0.3) is 0 Å². The summed E-state index contributed by atoms with van der Waals surface area (Å²) in [4.78, 5) is 12.8. The molecule has 1 heterocycles. The molecule has 3 rings (SSSR count). The van der Waals surface area contributed by atoms with E-state index in [0.29, 0.717) is 31.0 Å². The van der Waals surface area contributed by atoms with E-state index in [1.165, 1.54) is 0 Å². The van der Waals surface area contributed by atoms with Gasteiger partial charge in [-0.15, -0.1) is 0 Å². The predicted octanol–water partition coefficient (Wildman–Crippen LogP) is 4.38. The van der Waals surface area contributed by atoms with Crippen LogP contribution in [0.3, 0.4) is 0 Å². The van der Waals surface area contributed by atoms with Crippen LogP contribution in [0.2, 0.25) is 0 Å². The predicted molar refractivity (Wildman–Crippen MR) is 140 cm³/mol. The average molecular weight is 482 g/mol. The number of allylic oxidation sites excluding steroid dienone is 1. The summed E-state index contributed by atoms with van der Waals surface area (Å²) in [6.07, 6.45) is 6.03. The molecule has 0 amide bonds. The lowest BCUT2D eigenvalue weighted by molar-refractivity contribution is 0.226. The number of aromatic nitrogens is 2. The first kappa shape index (κ1) is 31.1. The highest BCUT2D eigenvalue weighted by molar-refractivity contribution is 6.01. The number of nitrogens with two attached hydrogens (primary N) is 1. The van der Waals surface area contributed by atoms with Crippen molar-refractivity contribution in [2.45, 2.75) is 66.0 Å². The molecule has 0 radical (unpaired) electrons. The Balaban J connectivity index is -0.00000148. The van der Waals surface area contributed by atoms with Gasteiger partial charge in [-0.05, 0) is 56.9 Å². The van der Waals surface area contributed by atoms with E-state index in [1.54, 1.807) is 12.3 Å². The topological polar surface area (TPSA) is 137 Å². The molecule has 9 heteroatoms. The summed E-state index contributed by atoms with van der Waals surface area (Å²) in [5.41, 5.74) is 8.48. The number of aliphatic hydroxyl groups excluding tert-OH is 1. The summed E-state index contributed by atoms with van der Waals surface area (Å²) in [6, 6.07) is 7.12. The molecule has 0 saturated heterocycles. The first-order chi connectivity index (χ1) is 16.0. The second-order valence-corrected chi connectivity index (χ2v) is 7.01. The molecule has 1 saturated carbocycles. The number of hydrogen-bond acceptors (Lipinski definition) is 7. The van der Waals surface area contributed by atoms with Crippen molar-refractivity contribution in [1.82, 2.24) is 15.3 Å². The quantitative estimate of drug-likeness (QED) is 0.359. The summed E-state index contributed by atoms with van der Waals surface area (Å²) in [5.74, 6) is 0.549. The highest BCUT2D eigenvalue weighted by Gasteiger charge is 2.45. The fraction of sp³-hybridized carbons (Fsp3) is 0.480. The molecule has 0 unspecified atom stereocenters. The first-order valence-electron chi connectivity index (χ1n) is 11.5. The summed E-state index contributed by atoms with van der Waals surface area (Å²) in [7, 11) is 1.00. The van der Waals surface area contributed by atoms with Gasteiger partial charge in [0.1, 0.15) is 5.82 Å². The largest absolute Gasteiger partial charge is 0.478 e. The third-order valence-corrected chi connectivity index (χ3v) is 5.04. The monoisotopic (exact) mass is 481 g/mol. The Hall–Kier alpha value is -2.88. The van der Waals surface area contributed by atoms with Gasteiger partial charge in [0.05, 0.1) is 23.6 Å². The van der Waals surface area contributed by atoms with Crippen LogP contribution in [0.1, 0.15) is 73.6 Å². The van der Waals surface area contributed by atoms with E-state index in [1.807, 2.05) is 58.9 Å². The molecule has 1 aromatic heterocycles. The summed E-state index contributed by atoms with van der Waals surface area (Å²) < 4.78 is 20.3. The number of aliphatic imine (C=N–C) groups is 1. The zero-order chi connectivity index (χ0) is 24.9. The third-order valence-electron chi connectivity index (χ3n) is 5.04. The van der Waals surface area contributed by atoms with Crippen molar-refractivity contribution < 1.29 is 22.6 Å². The van der Waals surface area contributed by atoms with Gasteiger partial charge < -0.3 is 26.4 Å². The number of aliphatic hydroxyl groups is 1. The van der Waals surface area contributed by atoms with E-state index in [-0.39, 0.29) is 25.6 Å². The van der Waals surface area contributed by atoms with Gasteiger partial charge in [-0.3, -0.25) is 0 Å². The molecule has 194 valence electrons. The maximum Gasteiger partial charge on any atom is 0.220 e. The number of ether oxygens (including phenoxy) is 1. The van der Waals surface area contributed by atoms with Crippen LogP contribution in [0, 0.1) is 5.82 Å². The third kappa shape index (κ3) is 8.48. The standard InChI is InChI=1S/C22H28FN5O.C2H6.CH4O.H2O.2H2/c1-4-18(27-20(5-2)29-6-3)15-7-8-16(17(23)13-15)14-26-22(10-11-22)19-9-12-25-21(24)28-19;2*1-2;;;/h5,7-9,12-13,26H,4,6,10-11,14H2,1-3H3,(H2,24,25,28);1-2H3;2H,1H3;1H2;2*1H/b20-5+,27-18+;;;;;. The molecular formula is C25H44FN5O3. The Kier molecular flexibility index (Phi) is 14.5. The molecule has 8 nitrogen and oxygen atoms in total. The fourth-order valence-corrected chi connectivity index (χ4v) is 3.23. The number of benzene rings is 1. The minimum absolute atomic E-state index is 0. The number of nitrogen functional groups attached to an aromatic ring is 1. The number of halogens is 1. The van der Waals surface area contributed by atoms with Crippen LogP contribution in [0.5, 0.6) is 0 Å². The highest BCUT2D eigenvalue weighted by Crippen LogP contribution is 2.44. The van der Waals surface area contributed by atoms with Gasteiger partial charge >= 0.3 is 0 Å². The number of nitrogens with one attached hydrogen (secondary N) is 1. The zero-order valence-electron chi connectivity index (χ0n) is 21.2. The Bertz CT molecular complexity index is 942. The number of hydrogen-bond donors (Lipinski definition) is 3. The van der Waals surface area contributed by atoms with Gasteiger partial charge in [-0.2, -0.15) is 0 Å². The second-order valence-electron chi connectivity index (χ2n) is 7.01. The van der Waals surface area contributed by atoms with E-state index in [4.69, 9.17) is 15.6 Å². The first-order valence-corrected chi connectivity index (χ1v) is 11.5. The van der Waals surface area contributed by atoms with Crippen LogP contribution in [-0.2, 0) is 16.8 Å². The summed E-state index contributed by atoms with van der Waals surface area (Å²) in [6.45, 7) is 10.7. The van der Waals surface area contributed by atoms with E-state index in [9.17, 15) is 4.39 Å². The highest BCUT2D eigenvalue weighted by atomic mass is 19.1. The normalized spacial score (nSPS) is 14.0.